The first-order valence-corrected chi connectivity index (χ1v) is 6.23. The molecule has 0 bridgehead atoms. The molecule has 18 heavy (non-hydrogen) atoms. The number of nitrogens with zero attached hydrogens (tertiary/aromatic N) is 2. The van der Waals surface area contributed by atoms with Gasteiger partial charge in [-0.3, -0.25) is 0 Å². The topological polar surface area (TPSA) is 46.0 Å². The van der Waals surface area contributed by atoms with Gasteiger partial charge < -0.3 is 5.11 Å². The second kappa shape index (κ2) is 5.46. The van der Waals surface area contributed by atoms with Gasteiger partial charge >= 0.3 is 0 Å². The Balaban J connectivity index is 2.54. The standard InChI is InChI=1S/C14H15ClN2O/c1-9(2)13-10(8-18)7-16-14(17-13)11-5-3-4-6-12(11)15/h3-7,9,18H,8H2,1-2H3. The summed E-state index contributed by atoms with van der Waals surface area (Å²) in [6.45, 7) is 4.03. The summed E-state index contributed by atoms with van der Waals surface area (Å²) >= 11 is 6.13. The number of hydrogen-bond donors (Lipinski definition) is 1. The van der Waals surface area contributed by atoms with Gasteiger partial charge in [-0.2, -0.15) is 0 Å². The van der Waals surface area contributed by atoms with Gasteiger partial charge in [0.05, 0.1) is 17.3 Å². The molecule has 1 heterocycles. The van der Waals surface area contributed by atoms with Crippen molar-refractivity contribution in [3.8, 4) is 11.4 Å². The maximum Gasteiger partial charge on any atom is 0.160 e. The van der Waals surface area contributed by atoms with Gasteiger partial charge in [-0.25, -0.2) is 9.97 Å². The highest BCUT2D eigenvalue weighted by Gasteiger charge is 2.12. The monoisotopic (exact) mass is 262 g/mol. The molecule has 1 aromatic heterocycles. The normalized spacial score (nSPS) is 10.9. The van der Waals surface area contributed by atoms with Crippen LogP contribution in [0.4, 0.5) is 0 Å². The minimum Gasteiger partial charge on any atom is -0.392 e. The molecule has 0 aliphatic rings. The summed E-state index contributed by atoms with van der Waals surface area (Å²) in [5, 5.41) is 9.91. The fraction of sp³-hybridized carbons (Fsp3) is 0.286. The van der Waals surface area contributed by atoms with Crippen molar-refractivity contribution >= 4 is 11.6 Å². The summed E-state index contributed by atoms with van der Waals surface area (Å²) < 4.78 is 0. The molecule has 0 saturated carbocycles. The van der Waals surface area contributed by atoms with Crippen molar-refractivity contribution in [2.75, 3.05) is 0 Å². The Morgan fingerprint density at radius 1 is 1.28 bits per heavy atom. The molecular formula is C14H15ClN2O. The summed E-state index contributed by atoms with van der Waals surface area (Å²) in [4.78, 5) is 8.79. The lowest BCUT2D eigenvalue weighted by Crippen LogP contribution is -2.03. The fourth-order valence-electron chi connectivity index (χ4n) is 1.81. The van der Waals surface area contributed by atoms with E-state index in [4.69, 9.17) is 11.6 Å². The zero-order valence-electron chi connectivity index (χ0n) is 10.4. The van der Waals surface area contributed by atoms with Gasteiger partial charge in [0.1, 0.15) is 0 Å². The summed E-state index contributed by atoms with van der Waals surface area (Å²) in [7, 11) is 0. The third-order valence-electron chi connectivity index (χ3n) is 2.73. The van der Waals surface area contributed by atoms with E-state index in [9.17, 15) is 5.11 Å². The molecule has 4 heteroatoms. The molecule has 0 saturated heterocycles. The van der Waals surface area contributed by atoms with Crippen LogP contribution in [-0.2, 0) is 6.61 Å². The van der Waals surface area contributed by atoms with Crippen molar-refractivity contribution in [3.05, 3.63) is 46.7 Å². The SMILES string of the molecule is CC(C)c1nc(-c2ccccc2Cl)ncc1CO. The average molecular weight is 263 g/mol. The van der Waals surface area contributed by atoms with Crippen LogP contribution in [0.1, 0.15) is 31.0 Å². The highest BCUT2D eigenvalue weighted by molar-refractivity contribution is 6.33. The van der Waals surface area contributed by atoms with Crippen molar-refractivity contribution in [2.45, 2.75) is 26.4 Å². The van der Waals surface area contributed by atoms with Crippen LogP contribution in [0.15, 0.2) is 30.5 Å². The molecule has 2 aromatic rings. The van der Waals surface area contributed by atoms with Gasteiger partial charge in [-0.05, 0) is 18.1 Å². The number of aliphatic hydroxyl groups is 1. The first kappa shape index (κ1) is 13.0. The number of aliphatic hydroxyl groups excluding tert-OH is 1. The summed E-state index contributed by atoms with van der Waals surface area (Å²) in [6, 6.07) is 7.48. The van der Waals surface area contributed by atoms with Crippen LogP contribution in [-0.4, -0.2) is 15.1 Å². The number of rotatable bonds is 3. The minimum absolute atomic E-state index is 0.0453. The van der Waals surface area contributed by atoms with Crippen LogP contribution >= 0.6 is 11.6 Å². The van der Waals surface area contributed by atoms with Gasteiger partial charge in [-0.15, -0.1) is 0 Å². The highest BCUT2D eigenvalue weighted by Crippen LogP contribution is 2.26. The second-order valence-electron chi connectivity index (χ2n) is 4.40. The summed E-state index contributed by atoms with van der Waals surface area (Å²) in [6.07, 6.45) is 1.67. The van der Waals surface area contributed by atoms with Crippen LogP contribution in [0.25, 0.3) is 11.4 Å². The molecule has 0 unspecified atom stereocenters. The molecule has 0 amide bonds. The Bertz CT molecular complexity index is 555. The highest BCUT2D eigenvalue weighted by atomic mass is 35.5. The Labute approximate surface area is 111 Å². The molecule has 0 fully saturated rings. The Morgan fingerprint density at radius 3 is 2.61 bits per heavy atom. The van der Waals surface area contributed by atoms with E-state index in [0.717, 1.165) is 16.8 Å². The lowest BCUT2D eigenvalue weighted by atomic mass is 10.1. The molecule has 94 valence electrons. The van der Waals surface area contributed by atoms with Crippen LogP contribution in [0.3, 0.4) is 0 Å². The van der Waals surface area contributed by atoms with E-state index in [1.165, 1.54) is 0 Å². The predicted octanol–water partition coefficient (Wildman–Crippen LogP) is 3.41. The average Bonchev–Trinajstić information content (AvgIpc) is 2.38. The van der Waals surface area contributed by atoms with Crippen molar-refractivity contribution in [2.24, 2.45) is 0 Å². The van der Waals surface area contributed by atoms with Crippen LogP contribution < -0.4 is 0 Å². The van der Waals surface area contributed by atoms with Gasteiger partial charge in [0.25, 0.3) is 0 Å². The van der Waals surface area contributed by atoms with E-state index < -0.39 is 0 Å². The van der Waals surface area contributed by atoms with E-state index >= 15 is 0 Å². The van der Waals surface area contributed by atoms with Gasteiger partial charge in [0.2, 0.25) is 0 Å². The molecule has 1 aromatic carbocycles. The van der Waals surface area contributed by atoms with E-state index in [2.05, 4.69) is 9.97 Å². The fourth-order valence-corrected chi connectivity index (χ4v) is 2.03. The Kier molecular flexibility index (Phi) is 3.94. The van der Waals surface area contributed by atoms with Gasteiger partial charge in [0, 0.05) is 17.3 Å². The number of hydrogen-bond acceptors (Lipinski definition) is 3. The maximum absolute atomic E-state index is 9.28. The maximum atomic E-state index is 9.28. The predicted molar refractivity (Wildman–Crippen MR) is 72.5 cm³/mol. The molecule has 0 spiro atoms. The third kappa shape index (κ3) is 2.52. The lowest BCUT2D eigenvalue weighted by molar-refractivity contribution is 0.279. The molecule has 3 nitrogen and oxygen atoms in total. The zero-order valence-corrected chi connectivity index (χ0v) is 11.1. The third-order valence-corrected chi connectivity index (χ3v) is 3.06. The number of halogens is 1. The van der Waals surface area contributed by atoms with E-state index in [-0.39, 0.29) is 12.5 Å². The van der Waals surface area contributed by atoms with E-state index in [1.807, 2.05) is 38.1 Å². The van der Waals surface area contributed by atoms with Crippen LogP contribution in [0.2, 0.25) is 5.02 Å². The number of aromatic nitrogens is 2. The van der Waals surface area contributed by atoms with Crippen LogP contribution in [0.5, 0.6) is 0 Å². The number of benzene rings is 1. The first-order chi connectivity index (χ1) is 8.63. The van der Waals surface area contributed by atoms with Gasteiger partial charge in [-0.1, -0.05) is 37.6 Å². The minimum atomic E-state index is -0.0453. The largest absolute Gasteiger partial charge is 0.392 e. The molecule has 0 atom stereocenters. The Hall–Kier alpha value is -1.45. The molecule has 0 radical (unpaired) electrons. The molecule has 1 N–H and O–H groups in total. The first-order valence-electron chi connectivity index (χ1n) is 5.85. The molecule has 0 aliphatic carbocycles. The summed E-state index contributed by atoms with van der Waals surface area (Å²) in [5.41, 5.74) is 2.44. The van der Waals surface area contributed by atoms with Crippen molar-refractivity contribution < 1.29 is 5.11 Å². The Morgan fingerprint density at radius 2 is 2.00 bits per heavy atom. The smallest absolute Gasteiger partial charge is 0.160 e. The van der Waals surface area contributed by atoms with Gasteiger partial charge in [0.15, 0.2) is 5.82 Å². The van der Waals surface area contributed by atoms with E-state index in [0.29, 0.717) is 10.8 Å². The van der Waals surface area contributed by atoms with Crippen molar-refractivity contribution in [1.82, 2.24) is 9.97 Å². The molecular weight excluding hydrogens is 248 g/mol. The van der Waals surface area contributed by atoms with Crippen molar-refractivity contribution in [1.29, 1.82) is 0 Å². The van der Waals surface area contributed by atoms with Crippen LogP contribution in [0, 0.1) is 0 Å². The molecule has 2 rings (SSSR count). The second-order valence-corrected chi connectivity index (χ2v) is 4.80. The van der Waals surface area contributed by atoms with Crippen molar-refractivity contribution in [3.63, 3.8) is 0 Å². The summed E-state index contributed by atoms with van der Waals surface area (Å²) in [5.74, 6) is 0.831. The van der Waals surface area contributed by atoms with E-state index in [1.54, 1.807) is 6.20 Å². The quantitative estimate of drug-likeness (QED) is 0.922. The zero-order chi connectivity index (χ0) is 13.1. The lowest BCUT2D eigenvalue weighted by Gasteiger charge is -2.11. The molecule has 0 aliphatic heterocycles.